The summed E-state index contributed by atoms with van der Waals surface area (Å²) in [7, 11) is 0. The quantitative estimate of drug-likeness (QED) is 0.163. The second-order valence-corrected chi connectivity index (χ2v) is 14.7. The van der Waals surface area contributed by atoms with Crippen molar-refractivity contribution in [1.82, 2.24) is 4.57 Å². The molecule has 0 saturated heterocycles. The topological polar surface area (TPSA) is 4.93 Å². The first-order chi connectivity index (χ1) is 25.7. The Bertz CT molecular complexity index is 3160. The van der Waals surface area contributed by atoms with Crippen molar-refractivity contribution >= 4 is 96.8 Å². The first-order valence-corrected chi connectivity index (χ1v) is 19.2. The Morgan fingerprint density at radius 2 is 1.23 bits per heavy atom. The van der Waals surface area contributed by atoms with E-state index in [2.05, 4.69) is 170 Å². The lowest BCUT2D eigenvalue weighted by atomic mass is 9.93. The van der Waals surface area contributed by atoms with E-state index in [1.807, 2.05) is 25.2 Å². The predicted octanol–water partition coefficient (Wildman–Crippen LogP) is 15.1. The lowest BCUT2D eigenvalue weighted by Crippen LogP contribution is -1.95. The Morgan fingerprint density at radius 3 is 2.12 bits per heavy atom. The molecule has 0 aliphatic heterocycles. The molecule has 11 rings (SSSR count). The zero-order valence-electron chi connectivity index (χ0n) is 29.8. The van der Waals surface area contributed by atoms with Crippen molar-refractivity contribution in [2.45, 2.75) is 27.7 Å². The number of para-hydroxylation sites is 1. The fraction of sp³-hybridized carbons (Fsp3) is 0.0800. The zero-order valence-corrected chi connectivity index (χ0v) is 30.6. The van der Waals surface area contributed by atoms with Crippen LogP contribution in [0.2, 0.25) is 0 Å². The second kappa shape index (κ2) is 11.8. The van der Waals surface area contributed by atoms with Gasteiger partial charge < -0.3 is 4.57 Å². The van der Waals surface area contributed by atoms with Gasteiger partial charge in [0.05, 0.1) is 11.0 Å². The van der Waals surface area contributed by atoms with Crippen molar-refractivity contribution < 1.29 is 0 Å². The summed E-state index contributed by atoms with van der Waals surface area (Å²) in [6.07, 6.45) is 4.40. The third kappa shape index (κ3) is 4.22. The van der Waals surface area contributed by atoms with Gasteiger partial charge in [0.25, 0.3) is 0 Å². The van der Waals surface area contributed by atoms with Crippen LogP contribution in [0.15, 0.2) is 152 Å². The highest BCUT2D eigenvalue weighted by Crippen LogP contribution is 2.47. The van der Waals surface area contributed by atoms with Crippen molar-refractivity contribution in [2.24, 2.45) is 0 Å². The molecule has 0 bridgehead atoms. The van der Waals surface area contributed by atoms with E-state index in [1.54, 1.807) is 0 Å². The summed E-state index contributed by atoms with van der Waals surface area (Å²) in [4.78, 5) is 0. The van der Waals surface area contributed by atoms with Gasteiger partial charge in [-0.15, -0.1) is 11.3 Å². The molecule has 248 valence electrons. The maximum atomic E-state index is 2.47. The van der Waals surface area contributed by atoms with Gasteiger partial charge in [-0.25, -0.2) is 0 Å². The largest absolute Gasteiger partial charge is 0.309 e. The SMILES string of the molecule is C/C=C\C1=C(C)c2ccc(-c3cccc(-n4c5ccccc5c5c6ccc7ccc8sc9ccccc9c8c7c6ccc54)c3)c3cccc1c23.CC. The summed E-state index contributed by atoms with van der Waals surface area (Å²) in [5.74, 6) is 0. The number of hydrogen-bond acceptors (Lipinski definition) is 1. The Hall–Kier alpha value is -5.96. The van der Waals surface area contributed by atoms with Crippen molar-refractivity contribution in [3.63, 3.8) is 0 Å². The molecule has 2 heteroatoms. The maximum absolute atomic E-state index is 2.47. The summed E-state index contributed by atoms with van der Waals surface area (Å²) in [5.41, 5.74) is 11.5. The van der Waals surface area contributed by atoms with Crippen molar-refractivity contribution in [3.8, 4) is 16.8 Å². The molecule has 0 saturated carbocycles. The minimum absolute atomic E-state index is 1.17. The number of allylic oxidation sites excluding steroid dienone is 4. The van der Waals surface area contributed by atoms with Crippen molar-refractivity contribution in [3.05, 3.63) is 163 Å². The van der Waals surface area contributed by atoms with E-state index in [4.69, 9.17) is 0 Å². The molecular formula is C50H37NS. The van der Waals surface area contributed by atoms with Crippen LogP contribution in [0.25, 0.3) is 102 Å². The smallest absolute Gasteiger partial charge is 0.0547 e. The number of thiophene rings is 1. The Kier molecular flexibility index (Phi) is 7.00. The van der Waals surface area contributed by atoms with Crippen LogP contribution in [0.5, 0.6) is 0 Å². The van der Waals surface area contributed by atoms with Gasteiger partial charge in [-0.3, -0.25) is 0 Å². The number of rotatable bonds is 3. The Morgan fingerprint density at radius 1 is 0.500 bits per heavy atom. The van der Waals surface area contributed by atoms with E-state index in [0.717, 1.165) is 0 Å². The molecular weight excluding hydrogens is 647 g/mol. The molecule has 1 aliphatic rings. The molecule has 0 amide bonds. The highest BCUT2D eigenvalue weighted by Gasteiger charge is 2.22. The van der Waals surface area contributed by atoms with Gasteiger partial charge in [0.1, 0.15) is 0 Å². The van der Waals surface area contributed by atoms with Crippen LogP contribution in [0.1, 0.15) is 38.8 Å². The molecule has 52 heavy (non-hydrogen) atoms. The van der Waals surface area contributed by atoms with Gasteiger partial charge in [0.2, 0.25) is 0 Å². The summed E-state index contributed by atoms with van der Waals surface area (Å²) in [6, 6.07) is 52.3. The van der Waals surface area contributed by atoms with Gasteiger partial charge >= 0.3 is 0 Å². The molecule has 0 fully saturated rings. The van der Waals surface area contributed by atoms with Crippen LogP contribution in [-0.4, -0.2) is 4.57 Å². The van der Waals surface area contributed by atoms with Crippen LogP contribution in [0, 0.1) is 0 Å². The number of nitrogens with zero attached hydrogens (tertiary/aromatic N) is 1. The molecule has 2 heterocycles. The normalized spacial score (nSPS) is 12.8. The van der Waals surface area contributed by atoms with Gasteiger partial charge in [0.15, 0.2) is 0 Å². The van der Waals surface area contributed by atoms with Crippen LogP contribution < -0.4 is 0 Å². The van der Waals surface area contributed by atoms with Gasteiger partial charge in [-0.1, -0.05) is 129 Å². The van der Waals surface area contributed by atoms with Gasteiger partial charge in [0, 0.05) is 36.6 Å². The minimum Gasteiger partial charge on any atom is -0.309 e. The van der Waals surface area contributed by atoms with Crippen molar-refractivity contribution in [1.29, 1.82) is 0 Å². The molecule has 2 aromatic heterocycles. The lowest BCUT2D eigenvalue weighted by Gasteiger charge is -2.14. The molecule has 0 unspecified atom stereocenters. The summed E-state index contributed by atoms with van der Waals surface area (Å²) < 4.78 is 5.15. The Labute approximate surface area is 307 Å². The number of fused-ring (bicyclic) bond motifs is 11. The molecule has 0 N–H and O–H groups in total. The molecule has 1 aliphatic carbocycles. The summed E-state index contributed by atoms with van der Waals surface area (Å²) in [6.45, 7) is 8.36. The average molecular weight is 684 g/mol. The predicted molar refractivity (Wildman–Crippen MR) is 230 cm³/mol. The fourth-order valence-corrected chi connectivity index (χ4v) is 10.0. The molecule has 10 aromatic rings. The van der Waals surface area contributed by atoms with Crippen LogP contribution in [-0.2, 0) is 0 Å². The zero-order chi connectivity index (χ0) is 35.1. The van der Waals surface area contributed by atoms with E-state index in [1.165, 1.54) is 113 Å². The molecule has 8 aromatic carbocycles. The van der Waals surface area contributed by atoms with Crippen LogP contribution >= 0.6 is 11.3 Å². The number of hydrogen-bond donors (Lipinski definition) is 0. The van der Waals surface area contributed by atoms with E-state index < -0.39 is 0 Å². The first kappa shape index (κ1) is 30.8. The van der Waals surface area contributed by atoms with Crippen molar-refractivity contribution in [2.75, 3.05) is 0 Å². The third-order valence-electron chi connectivity index (χ3n) is 11.0. The van der Waals surface area contributed by atoms with E-state index >= 15 is 0 Å². The van der Waals surface area contributed by atoms with Gasteiger partial charge in [-0.05, 0) is 116 Å². The van der Waals surface area contributed by atoms with E-state index in [9.17, 15) is 0 Å². The summed E-state index contributed by atoms with van der Waals surface area (Å²) in [5, 5.41) is 13.2. The van der Waals surface area contributed by atoms with Crippen LogP contribution in [0.3, 0.4) is 0 Å². The monoisotopic (exact) mass is 683 g/mol. The first-order valence-electron chi connectivity index (χ1n) is 18.4. The third-order valence-corrected chi connectivity index (χ3v) is 12.2. The van der Waals surface area contributed by atoms with E-state index in [0.29, 0.717) is 0 Å². The molecule has 0 spiro atoms. The van der Waals surface area contributed by atoms with E-state index in [-0.39, 0.29) is 0 Å². The standard InChI is InChI=1S/C48H31NS.C2H6/c1-3-10-32-28(2)33-22-23-34(36-16-9-15-35(32)46(33)36)30-11-8-12-31(27-30)49-41-17-6-4-13-39(41)47-38-21-19-29-20-26-44-48(40-14-5-7-18-43(40)50-44)45(29)37(38)24-25-42(47)49;1-2/h3-27H,1-2H3;1-2H3/b10-3-;. The lowest BCUT2D eigenvalue weighted by molar-refractivity contribution is 1.18. The van der Waals surface area contributed by atoms with Gasteiger partial charge in [-0.2, -0.15) is 0 Å². The Balaban J connectivity index is 0.00000166. The second-order valence-electron chi connectivity index (χ2n) is 13.6. The average Bonchev–Trinajstić information content (AvgIpc) is 3.84. The maximum Gasteiger partial charge on any atom is 0.0547 e. The highest BCUT2D eigenvalue weighted by atomic mass is 32.1. The highest BCUT2D eigenvalue weighted by molar-refractivity contribution is 7.26. The summed E-state index contributed by atoms with van der Waals surface area (Å²) >= 11 is 1.89. The molecule has 0 atom stereocenters. The number of benzene rings is 8. The fourth-order valence-electron chi connectivity index (χ4n) is 8.93. The molecule has 0 radical (unpaired) electrons. The van der Waals surface area contributed by atoms with Crippen LogP contribution in [0.4, 0.5) is 0 Å². The number of aromatic nitrogens is 1. The minimum atomic E-state index is 1.17. The molecule has 1 nitrogen and oxygen atoms in total.